The molecule has 1 N–H and O–H groups in total. The molecule has 0 spiro atoms. The second kappa shape index (κ2) is 6.58. The van der Waals surface area contributed by atoms with Gasteiger partial charge in [-0.1, -0.05) is 19.1 Å². The van der Waals surface area contributed by atoms with Crippen molar-refractivity contribution < 1.29 is 4.79 Å². The summed E-state index contributed by atoms with van der Waals surface area (Å²) in [5.74, 6) is -0.722. The molecular weight excluding hydrogens is 310 g/mol. The molecule has 0 saturated heterocycles. The van der Waals surface area contributed by atoms with Crippen LogP contribution in [0.2, 0.25) is 0 Å². The molecule has 1 aromatic carbocycles. The van der Waals surface area contributed by atoms with Crippen molar-refractivity contribution >= 4 is 33.3 Å². The Morgan fingerprint density at radius 2 is 2.26 bits per heavy atom. The smallest absolute Gasteiger partial charge is 0.249 e. The van der Waals surface area contributed by atoms with Crippen molar-refractivity contribution in [2.45, 2.75) is 25.8 Å². The molecule has 6 nitrogen and oxygen atoms in total. The number of nitrogens with one attached hydrogen (secondary N) is 1. The fourth-order valence-corrected chi connectivity index (χ4v) is 3.28. The zero-order valence-corrected chi connectivity index (χ0v) is 13.4. The third-order valence-corrected chi connectivity index (χ3v) is 4.45. The van der Waals surface area contributed by atoms with Crippen molar-refractivity contribution in [3.8, 4) is 6.07 Å². The molecule has 0 unspecified atom stereocenters. The number of carbonyl (C=O) groups excluding carboxylic acids is 1. The maximum absolute atomic E-state index is 12.5. The van der Waals surface area contributed by atoms with Crippen molar-refractivity contribution in [3.05, 3.63) is 41.5 Å². The minimum atomic E-state index is -0.933. The van der Waals surface area contributed by atoms with E-state index in [9.17, 15) is 10.1 Å². The van der Waals surface area contributed by atoms with Crippen LogP contribution in [0.4, 0.5) is 5.82 Å². The van der Waals surface area contributed by atoms with Crippen molar-refractivity contribution in [2.24, 2.45) is 0 Å². The van der Waals surface area contributed by atoms with E-state index in [0.717, 1.165) is 16.6 Å². The molecule has 0 fully saturated rings. The molecule has 0 aliphatic heterocycles. The number of benzene rings is 1. The highest BCUT2D eigenvalue weighted by atomic mass is 32.1. The van der Waals surface area contributed by atoms with Gasteiger partial charge in [0.25, 0.3) is 0 Å². The molecule has 0 bridgehead atoms. The fraction of sp³-hybridized carbons (Fsp3) is 0.250. The molecule has 116 valence electrons. The van der Waals surface area contributed by atoms with Crippen LogP contribution in [0.3, 0.4) is 0 Å². The minimum Gasteiger partial charge on any atom is -0.309 e. The Morgan fingerprint density at radius 1 is 1.43 bits per heavy atom. The summed E-state index contributed by atoms with van der Waals surface area (Å²) < 4.78 is 2.68. The summed E-state index contributed by atoms with van der Waals surface area (Å²) in [6.07, 6.45) is 2.54. The lowest BCUT2D eigenvalue weighted by atomic mass is 10.1. The molecule has 0 aliphatic rings. The second-order valence-electron chi connectivity index (χ2n) is 5.01. The van der Waals surface area contributed by atoms with Crippen LogP contribution < -0.4 is 5.32 Å². The Bertz CT molecular complexity index is 843. The lowest BCUT2D eigenvalue weighted by Crippen LogP contribution is -2.22. The van der Waals surface area contributed by atoms with Crippen LogP contribution in [0.5, 0.6) is 0 Å². The average Bonchev–Trinajstić information content (AvgIpc) is 3.15. The predicted molar refractivity (Wildman–Crippen MR) is 89.1 cm³/mol. The highest BCUT2D eigenvalue weighted by molar-refractivity contribution is 7.18. The molecular formula is C16H15N5OS. The maximum atomic E-state index is 12.5. The van der Waals surface area contributed by atoms with Crippen LogP contribution >= 0.6 is 11.3 Å². The number of fused-ring (bicyclic) bond motifs is 1. The molecule has 2 heterocycles. The van der Waals surface area contributed by atoms with Crippen molar-refractivity contribution in [1.82, 2.24) is 14.8 Å². The Labute approximate surface area is 137 Å². The Kier molecular flexibility index (Phi) is 4.35. The number of rotatable bonds is 5. The monoisotopic (exact) mass is 325 g/mol. The number of anilines is 1. The first-order valence-corrected chi connectivity index (χ1v) is 8.12. The Hall–Kier alpha value is -2.72. The summed E-state index contributed by atoms with van der Waals surface area (Å²) in [5.41, 5.74) is 0.802. The number of carbonyl (C=O) groups is 1. The van der Waals surface area contributed by atoms with Gasteiger partial charge in [-0.3, -0.25) is 4.79 Å². The zero-order valence-electron chi connectivity index (χ0n) is 12.6. The van der Waals surface area contributed by atoms with E-state index in [4.69, 9.17) is 0 Å². The van der Waals surface area contributed by atoms with Gasteiger partial charge in [-0.15, -0.1) is 11.3 Å². The van der Waals surface area contributed by atoms with Crippen LogP contribution in [0.25, 0.3) is 10.2 Å². The number of amides is 1. The normalized spacial score (nSPS) is 12.0. The van der Waals surface area contributed by atoms with Crippen LogP contribution in [0.1, 0.15) is 24.3 Å². The van der Waals surface area contributed by atoms with E-state index in [1.54, 1.807) is 16.9 Å². The minimum absolute atomic E-state index is 0.385. The quantitative estimate of drug-likeness (QED) is 0.781. The summed E-state index contributed by atoms with van der Waals surface area (Å²) in [4.78, 5) is 16.9. The fourth-order valence-electron chi connectivity index (χ4n) is 2.27. The van der Waals surface area contributed by atoms with Crippen LogP contribution in [-0.2, 0) is 11.3 Å². The Morgan fingerprint density at radius 3 is 3.00 bits per heavy atom. The number of thiazole rings is 1. The molecule has 1 amide bonds. The van der Waals surface area contributed by atoms with E-state index in [-0.39, 0.29) is 5.91 Å². The third kappa shape index (κ3) is 3.07. The van der Waals surface area contributed by atoms with Crippen molar-refractivity contribution in [3.63, 3.8) is 0 Å². The van der Waals surface area contributed by atoms with Gasteiger partial charge >= 0.3 is 0 Å². The molecule has 0 aliphatic carbocycles. The zero-order chi connectivity index (χ0) is 16.2. The highest BCUT2D eigenvalue weighted by Crippen LogP contribution is 2.28. The topological polar surface area (TPSA) is 83.6 Å². The second-order valence-corrected chi connectivity index (χ2v) is 6.07. The van der Waals surface area contributed by atoms with Crippen LogP contribution in [-0.4, -0.2) is 20.7 Å². The number of nitriles is 1. The number of para-hydroxylation sites is 1. The van der Waals surface area contributed by atoms with E-state index < -0.39 is 5.92 Å². The van der Waals surface area contributed by atoms with Crippen molar-refractivity contribution in [2.75, 3.05) is 5.32 Å². The molecule has 23 heavy (non-hydrogen) atoms. The number of hydrogen-bond donors (Lipinski definition) is 1. The molecule has 0 saturated carbocycles. The van der Waals surface area contributed by atoms with Crippen LogP contribution in [0, 0.1) is 11.3 Å². The van der Waals surface area contributed by atoms with E-state index >= 15 is 0 Å². The third-order valence-electron chi connectivity index (χ3n) is 3.35. The Balaban J connectivity index is 1.84. The SMILES string of the molecule is CCCn1nccc1NC(=O)[C@H](C#N)c1nc2ccccc2s1. The number of aromatic nitrogens is 3. The first-order chi connectivity index (χ1) is 11.2. The first kappa shape index (κ1) is 15.2. The van der Waals surface area contributed by atoms with Gasteiger partial charge in [0.15, 0.2) is 5.92 Å². The van der Waals surface area contributed by atoms with E-state index in [1.807, 2.05) is 37.3 Å². The van der Waals surface area contributed by atoms with Gasteiger partial charge in [-0.2, -0.15) is 10.4 Å². The standard InChI is InChI=1S/C16H15N5OS/c1-2-9-21-14(7-8-18-21)20-15(22)11(10-17)16-19-12-5-3-4-6-13(12)23-16/h3-8,11H,2,9H2,1H3,(H,20,22)/t11-/m0/s1. The van der Waals surface area contributed by atoms with Gasteiger partial charge in [0.05, 0.1) is 22.5 Å². The van der Waals surface area contributed by atoms with Crippen molar-refractivity contribution in [1.29, 1.82) is 5.26 Å². The van der Waals surface area contributed by atoms with Gasteiger partial charge in [-0.05, 0) is 18.6 Å². The van der Waals surface area contributed by atoms with Gasteiger partial charge in [0.1, 0.15) is 10.8 Å². The summed E-state index contributed by atoms with van der Waals surface area (Å²) in [6.45, 7) is 2.74. The number of aryl methyl sites for hydroxylation is 1. The van der Waals surface area contributed by atoms with Gasteiger partial charge in [-0.25, -0.2) is 9.67 Å². The van der Waals surface area contributed by atoms with Gasteiger partial charge in [0, 0.05) is 12.6 Å². The average molecular weight is 325 g/mol. The molecule has 1 atom stereocenters. The van der Waals surface area contributed by atoms with E-state index in [2.05, 4.69) is 15.4 Å². The lowest BCUT2D eigenvalue weighted by Gasteiger charge is -2.09. The first-order valence-electron chi connectivity index (χ1n) is 7.30. The molecule has 3 aromatic rings. The van der Waals surface area contributed by atoms with Gasteiger partial charge < -0.3 is 5.32 Å². The number of nitrogens with zero attached hydrogens (tertiary/aromatic N) is 4. The van der Waals surface area contributed by atoms with Crippen LogP contribution in [0.15, 0.2) is 36.5 Å². The maximum Gasteiger partial charge on any atom is 0.249 e. The summed E-state index contributed by atoms with van der Waals surface area (Å²) in [6, 6.07) is 11.4. The highest BCUT2D eigenvalue weighted by Gasteiger charge is 2.25. The molecule has 7 heteroatoms. The molecule has 0 radical (unpaired) electrons. The largest absolute Gasteiger partial charge is 0.309 e. The number of hydrogen-bond acceptors (Lipinski definition) is 5. The molecule has 3 rings (SSSR count). The van der Waals surface area contributed by atoms with Gasteiger partial charge in [0.2, 0.25) is 5.91 Å². The predicted octanol–water partition coefficient (Wildman–Crippen LogP) is 3.15. The molecule has 2 aromatic heterocycles. The van der Waals surface area contributed by atoms with E-state index in [1.165, 1.54) is 11.3 Å². The lowest BCUT2D eigenvalue weighted by molar-refractivity contribution is -0.116. The summed E-state index contributed by atoms with van der Waals surface area (Å²) >= 11 is 1.37. The van der Waals surface area contributed by atoms with E-state index in [0.29, 0.717) is 17.4 Å². The summed E-state index contributed by atoms with van der Waals surface area (Å²) in [5, 5.41) is 16.8. The summed E-state index contributed by atoms with van der Waals surface area (Å²) in [7, 11) is 0.